The van der Waals surface area contributed by atoms with E-state index < -0.39 is 5.97 Å². The van der Waals surface area contributed by atoms with Gasteiger partial charge in [-0.25, -0.2) is 4.79 Å². The van der Waals surface area contributed by atoms with Crippen molar-refractivity contribution >= 4 is 12.0 Å². The molecule has 0 unspecified atom stereocenters. The van der Waals surface area contributed by atoms with Gasteiger partial charge in [0.1, 0.15) is 36.4 Å². The van der Waals surface area contributed by atoms with E-state index in [1.807, 2.05) is 12.1 Å². The van der Waals surface area contributed by atoms with Crippen molar-refractivity contribution < 1.29 is 19.4 Å². The number of carboxylic acids is 1. The second kappa shape index (κ2) is 9.44. The summed E-state index contributed by atoms with van der Waals surface area (Å²) in [6.07, 6.45) is 1.31. The van der Waals surface area contributed by atoms with Crippen molar-refractivity contribution in [2.45, 2.75) is 26.7 Å². The smallest absolute Gasteiger partial charge is 0.346 e. The van der Waals surface area contributed by atoms with E-state index in [0.29, 0.717) is 30.4 Å². The maximum atomic E-state index is 10.9. The third-order valence-electron chi connectivity index (χ3n) is 4.00. The number of carbonyl (C=O) groups is 1. The van der Waals surface area contributed by atoms with E-state index in [9.17, 15) is 4.79 Å². The molecule has 0 spiro atoms. The Hall–Kier alpha value is -3.26. The molecule has 0 aromatic heterocycles. The Balaban J connectivity index is 1.91. The number of hydrogen-bond donors (Lipinski definition) is 1. The number of benzene rings is 2. The van der Waals surface area contributed by atoms with Crippen LogP contribution in [0.5, 0.6) is 11.5 Å². The Morgan fingerprint density at radius 1 is 1.15 bits per heavy atom. The fourth-order valence-corrected chi connectivity index (χ4v) is 2.71. The number of ether oxygens (including phenoxy) is 2. The first kappa shape index (κ1) is 20.1. The molecule has 0 heterocycles. The van der Waals surface area contributed by atoms with Crippen LogP contribution in [0.2, 0.25) is 0 Å². The lowest BCUT2D eigenvalue weighted by molar-refractivity contribution is -0.132. The van der Waals surface area contributed by atoms with E-state index in [2.05, 4.69) is 26.8 Å². The van der Waals surface area contributed by atoms with Crippen LogP contribution in [0.15, 0.2) is 48.0 Å². The largest absolute Gasteiger partial charge is 0.490 e. The normalized spacial score (nSPS) is 11.1. The summed E-state index contributed by atoms with van der Waals surface area (Å²) in [6, 6.07) is 14.6. The second-order valence-corrected chi connectivity index (χ2v) is 6.42. The van der Waals surface area contributed by atoms with Crippen molar-refractivity contribution in [2.75, 3.05) is 13.2 Å². The molecule has 2 aromatic rings. The SMILES string of the molecule is Cc1cc(OCCOc2cccc(C=C(C#N)C(=O)O)c2)ccc1C(C)C. The molecule has 1 N–H and O–H groups in total. The molecule has 0 fully saturated rings. The average Bonchev–Trinajstić information content (AvgIpc) is 2.63. The zero-order chi connectivity index (χ0) is 19.8. The first-order valence-electron chi connectivity index (χ1n) is 8.72. The Bertz CT molecular complexity index is 878. The van der Waals surface area contributed by atoms with Crippen molar-refractivity contribution in [3.8, 4) is 17.6 Å². The van der Waals surface area contributed by atoms with Crippen molar-refractivity contribution in [3.63, 3.8) is 0 Å². The zero-order valence-electron chi connectivity index (χ0n) is 15.7. The molecule has 140 valence electrons. The fourth-order valence-electron chi connectivity index (χ4n) is 2.71. The second-order valence-electron chi connectivity index (χ2n) is 6.42. The average molecular weight is 365 g/mol. The van der Waals surface area contributed by atoms with Gasteiger partial charge in [0.2, 0.25) is 0 Å². The molecular formula is C22H23NO4. The summed E-state index contributed by atoms with van der Waals surface area (Å²) in [4.78, 5) is 10.9. The van der Waals surface area contributed by atoms with Gasteiger partial charge < -0.3 is 14.6 Å². The third-order valence-corrected chi connectivity index (χ3v) is 4.00. The van der Waals surface area contributed by atoms with E-state index in [1.54, 1.807) is 30.3 Å². The van der Waals surface area contributed by atoms with Gasteiger partial charge in [-0.3, -0.25) is 0 Å². The van der Waals surface area contributed by atoms with Crippen LogP contribution in [-0.4, -0.2) is 24.3 Å². The molecule has 2 rings (SSSR count). The Morgan fingerprint density at radius 2 is 1.81 bits per heavy atom. The summed E-state index contributed by atoms with van der Waals surface area (Å²) >= 11 is 0. The van der Waals surface area contributed by atoms with Crippen LogP contribution < -0.4 is 9.47 Å². The number of aryl methyl sites for hydroxylation is 1. The highest BCUT2D eigenvalue weighted by atomic mass is 16.5. The highest BCUT2D eigenvalue weighted by molar-refractivity contribution is 5.96. The lowest BCUT2D eigenvalue weighted by atomic mass is 9.98. The van der Waals surface area contributed by atoms with Crippen LogP contribution >= 0.6 is 0 Å². The molecule has 2 aromatic carbocycles. The standard InChI is InChI=1S/C22H23NO4/c1-15(2)21-8-7-20(11-16(21)3)27-10-9-26-19-6-4-5-17(13-19)12-18(14-23)22(24)25/h4-8,11-13,15H,9-10H2,1-3H3,(H,24,25). The third kappa shape index (κ3) is 5.89. The van der Waals surface area contributed by atoms with Gasteiger partial charge in [-0.1, -0.05) is 32.0 Å². The molecule has 5 heteroatoms. The van der Waals surface area contributed by atoms with Crippen LogP contribution in [0.1, 0.15) is 36.5 Å². The minimum Gasteiger partial charge on any atom is -0.490 e. The summed E-state index contributed by atoms with van der Waals surface area (Å²) in [5, 5.41) is 17.7. The summed E-state index contributed by atoms with van der Waals surface area (Å²) < 4.78 is 11.4. The van der Waals surface area contributed by atoms with Gasteiger partial charge >= 0.3 is 5.97 Å². The first-order valence-corrected chi connectivity index (χ1v) is 8.72. The summed E-state index contributed by atoms with van der Waals surface area (Å²) in [6.45, 7) is 7.14. The lowest BCUT2D eigenvalue weighted by Gasteiger charge is -2.13. The molecule has 5 nitrogen and oxygen atoms in total. The molecule has 27 heavy (non-hydrogen) atoms. The Morgan fingerprint density at radius 3 is 2.37 bits per heavy atom. The number of carboxylic acid groups (broad SMARTS) is 1. The lowest BCUT2D eigenvalue weighted by Crippen LogP contribution is -2.09. The van der Waals surface area contributed by atoms with Crippen LogP contribution in [0.25, 0.3) is 6.08 Å². The van der Waals surface area contributed by atoms with E-state index in [4.69, 9.17) is 19.8 Å². The molecule has 0 bridgehead atoms. The molecule has 0 saturated heterocycles. The van der Waals surface area contributed by atoms with Crippen molar-refractivity contribution in [1.29, 1.82) is 5.26 Å². The number of aliphatic carboxylic acids is 1. The van der Waals surface area contributed by atoms with Crippen molar-refractivity contribution in [1.82, 2.24) is 0 Å². The van der Waals surface area contributed by atoms with Crippen LogP contribution in [0, 0.1) is 18.3 Å². The molecule has 0 aliphatic rings. The topological polar surface area (TPSA) is 79.5 Å². The predicted octanol–water partition coefficient (Wildman–Crippen LogP) is 4.57. The number of nitriles is 1. The monoisotopic (exact) mass is 365 g/mol. The van der Waals surface area contributed by atoms with E-state index in [1.165, 1.54) is 17.2 Å². The Kier molecular flexibility index (Phi) is 7.01. The minimum absolute atomic E-state index is 0.323. The van der Waals surface area contributed by atoms with E-state index in [-0.39, 0.29) is 5.57 Å². The van der Waals surface area contributed by atoms with Gasteiger partial charge in [-0.2, -0.15) is 5.26 Å². The highest BCUT2D eigenvalue weighted by Gasteiger charge is 2.07. The molecule has 0 radical (unpaired) electrons. The summed E-state index contributed by atoms with van der Waals surface area (Å²) in [5.74, 6) is 0.612. The molecular weight excluding hydrogens is 342 g/mol. The van der Waals surface area contributed by atoms with Gasteiger partial charge in [0.05, 0.1) is 0 Å². The molecule has 0 aliphatic heterocycles. The highest BCUT2D eigenvalue weighted by Crippen LogP contribution is 2.23. The predicted molar refractivity (Wildman–Crippen MR) is 104 cm³/mol. The minimum atomic E-state index is -1.25. The van der Waals surface area contributed by atoms with Gasteiger partial charge in [-0.05, 0) is 59.9 Å². The molecule has 0 aliphatic carbocycles. The van der Waals surface area contributed by atoms with E-state index >= 15 is 0 Å². The molecule has 0 atom stereocenters. The van der Waals surface area contributed by atoms with Crippen molar-refractivity contribution in [3.05, 3.63) is 64.7 Å². The van der Waals surface area contributed by atoms with Crippen LogP contribution in [0.4, 0.5) is 0 Å². The Labute approximate surface area is 159 Å². The van der Waals surface area contributed by atoms with Crippen molar-refractivity contribution in [2.24, 2.45) is 0 Å². The maximum absolute atomic E-state index is 10.9. The molecule has 0 saturated carbocycles. The van der Waals surface area contributed by atoms with Gasteiger partial charge in [-0.15, -0.1) is 0 Å². The van der Waals surface area contributed by atoms with E-state index in [0.717, 1.165) is 5.75 Å². The van der Waals surface area contributed by atoms with Gasteiger partial charge in [0, 0.05) is 0 Å². The van der Waals surface area contributed by atoms with Crippen LogP contribution in [0.3, 0.4) is 0 Å². The molecule has 0 amide bonds. The number of rotatable bonds is 8. The zero-order valence-corrected chi connectivity index (χ0v) is 15.7. The summed E-state index contributed by atoms with van der Waals surface area (Å²) in [5.41, 5.74) is 2.78. The fraction of sp³-hybridized carbons (Fsp3) is 0.273. The summed E-state index contributed by atoms with van der Waals surface area (Å²) in [7, 11) is 0. The quantitative estimate of drug-likeness (QED) is 0.421. The maximum Gasteiger partial charge on any atom is 0.346 e. The van der Waals surface area contributed by atoms with Gasteiger partial charge in [0.15, 0.2) is 0 Å². The van der Waals surface area contributed by atoms with Gasteiger partial charge in [0.25, 0.3) is 0 Å². The van der Waals surface area contributed by atoms with Crippen LogP contribution in [-0.2, 0) is 4.79 Å². The number of nitrogens with zero attached hydrogens (tertiary/aromatic N) is 1. The first-order chi connectivity index (χ1) is 12.9. The number of hydrogen-bond acceptors (Lipinski definition) is 4.